The van der Waals surface area contributed by atoms with Crippen LogP contribution in [0.5, 0.6) is 0 Å². The number of carbonyl (C=O) groups excluding carboxylic acids is 2. The molecule has 0 radical (unpaired) electrons. The molecular formula is C40H52F4N4O7. The van der Waals surface area contributed by atoms with Crippen LogP contribution in [0.1, 0.15) is 76.1 Å². The number of carbonyl (C=O) groups is 2. The topological polar surface area (TPSA) is 142 Å². The number of ether oxygens (including phenoxy) is 2. The van der Waals surface area contributed by atoms with Gasteiger partial charge in [-0.25, -0.2) is 9.07 Å². The molecule has 15 heteroatoms. The summed E-state index contributed by atoms with van der Waals surface area (Å²) in [7, 11) is 2.14. The molecule has 9 atom stereocenters. The molecule has 0 bridgehead atoms. The number of aliphatic hydroxyl groups is 2. The number of quaternary nitrogens is 1. The second-order valence-electron chi connectivity index (χ2n) is 17.1. The Morgan fingerprint density at radius 3 is 2.55 bits per heavy atom. The maximum atomic E-state index is 15.0. The summed E-state index contributed by atoms with van der Waals surface area (Å²) in [4.78, 5) is 26.1. The average molecular weight is 777 g/mol. The van der Waals surface area contributed by atoms with Gasteiger partial charge < -0.3 is 34.5 Å². The minimum Gasteiger partial charge on any atom is -0.542 e. The number of ketones is 1. The predicted molar refractivity (Wildman–Crippen MR) is 189 cm³/mol. The van der Waals surface area contributed by atoms with Crippen molar-refractivity contribution < 1.29 is 56.8 Å². The van der Waals surface area contributed by atoms with Crippen molar-refractivity contribution in [1.82, 2.24) is 14.7 Å². The number of carboxylic acids is 1. The highest BCUT2D eigenvalue weighted by Crippen LogP contribution is 2.70. The quantitative estimate of drug-likeness (QED) is 0.362. The smallest absolute Gasteiger partial charge is 0.430 e. The molecule has 2 saturated heterocycles. The van der Waals surface area contributed by atoms with Crippen LogP contribution in [0.4, 0.5) is 17.6 Å². The number of carboxylic acid groups (broad SMARTS) is 1. The number of hydrogen-bond donors (Lipinski definition) is 3. The van der Waals surface area contributed by atoms with Crippen LogP contribution in [-0.4, -0.2) is 107 Å². The Morgan fingerprint density at radius 2 is 1.89 bits per heavy atom. The minimum absolute atomic E-state index is 0.0163. The van der Waals surface area contributed by atoms with E-state index in [0.717, 1.165) is 74.4 Å². The molecule has 2 aromatic rings. The third-order valence-corrected chi connectivity index (χ3v) is 13.9. The number of Topliss-reactive ketones (excluding diaryl/α,β-unsaturated/α-hetero) is 1. The first-order valence-electron chi connectivity index (χ1n) is 19.5. The summed E-state index contributed by atoms with van der Waals surface area (Å²) in [5.41, 5.74) is 3.01. The highest BCUT2D eigenvalue weighted by atomic mass is 19.4. The van der Waals surface area contributed by atoms with Crippen LogP contribution in [-0.2, 0) is 32.0 Å². The normalized spacial score (nSPS) is 35.7. The molecule has 3 heterocycles. The molecular weight excluding hydrogens is 724 g/mol. The van der Waals surface area contributed by atoms with Crippen LogP contribution in [0.2, 0.25) is 0 Å². The minimum atomic E-state index is -5.19. The third-order valence-electron chi connectivity index (χ3n) is 13.9. The number of alkyl halides is 3. The van der Waals surface area contributed by atoms with Crippen molar-refractivity contribution in [3.63, 3.8) is 0 Å². The number of allylic oxidation sites excluding steroid dienone is 1. The second kappa shape index (κ2) is 14.6. The second-order valence-corrected chi connectivity index (χ2v) is 17.1. The fourth-order valence-corrected chi connectivity index (χ4v) is 11.4. The van der Waals surface area contributed by atoms with Gasteiger partial charge in [0.15, 0.2) is 17.7 Å². The molecule has 3 N–H and O–H groups in total. The van der Waals surface area contributed by atoms with Crippen molar-refractivity contribution in [3.8, 4) is 5.69 Å². The number of nitrogens with zero attached hydrogens (tertiary/aromatic N) is 3. The molecule has 11 nitrogen and oxygen atoms in total. The van der Waals surface area contributed by atoms with E-state index in [9.17, 15) is 28.2 Å². The lowest BCUT2D eigenvalue weighted by atomic mass is 9.45. The van der Waals surface area contributed by atoms with Gasteiger partial charge in [0.25, 0.3) is 0 Å². The van der Waals surface area contributed by atoms with Crippen molar-refractivity contribution in [3.05, 3.63) is 52.6 Å². The number of rotatable bonds is 7. The van der Waals surface area contributed by atoms with Gasteiger partial charge >= 0.3 is 6.18 Å². The molecule has 1 aromatic heterocycles. The van der Waals surface area contributed by atoms with Gasteiger partial charge in [0.2, 0.25) is 0 Å². The number of hydrogen-bond acceptors (Lipinski definition) is 9. The Bertz CT molecular complexity index is 1830. The van der Waals surface area contributed by atoms with E-state index in [-0.39, 0.29) is 34.8 Å². The maximum absolute atomic E-state index is 15.0. The van der Waals surface area contributed by atoms with Gasteiger partial charge in [0, 0.05) is 24.1 Å². The van der Waals surface area contributed by atoms with Gasteiger partial charge in [-0.05, 0) is 98.6 Å². The molecule has 4 aliphatic carbocycles. The van der Waals surface area contributed by atoms with Crippen molar-refractivity contribution in [2.24, 2.45) is 28.6 Å². The lowest BCUT2D eigenvalue weighted by molar-refractivity contribution is -0.918. The predicted octanol–water partition coefficient (Wildman–Crippen LogP) is 2.24. The van der Waals surface area contributed by atoms with Crippen LogP contribution in [0.25, 0.3) is 11.8 Å². The molecule has 0 amide bonds. The fourth-order valence-electron chi connectivity index (χ4n) is 11.4. The Kier molecular flexibility index (Phi) is 10.6. The van der Waals surface area contributed by atoms with Crippen molar-refractivity contribution in [2.75, 3.05) is 39.8 Å². The number of benzene rings is 1. The van der Waals surface area contributed by atoms with E-state index in [1.54, 1.807) is 6.07 Å². The van der Waals surface area contributed by atoms with Crippen LogP contribution in [0.15, 0.2) is 30.0 Å². The van der Waals surface area contributed by atoms with Gasteiger partial charge in [0.05, 0.1) is 42.9 Å². The summed E-state index contributed by atoms with van der Waals surface area (Å²) in [5, 5.41) is 35.9. The van der Waals surface area contributed by atoms with Crippen LogP contribution >= 0.6 is 0 Å². The van der Waals surface area contributed by atoms with Crippen LogP contribution < -0.4 is 10.0 Å². The molecule has 302 valence electrons. The molecule has 0 spiro atoms. The summed E-state index contributed by atoms with van der Waals surface area (Å²) in [6.07, 6.45) is 2.85. The van der Waals surface area contributed by atoms with E-state index >= 15 is 4.39 Å². The van der Waals surface area contributed by atoms with Gasteiger partial charge in [-0.15, -0.1) is 0 Å². The van der Waals surface area contributed by atoms with Crippen molar-refractivity contribution >= 4 is 17.8 Å². The molecule has 5 fully saturated rings. The third kappa shape index (κ3) is 6.65. The Morgan fingerprint density at radius 1 is 1.18 bits per heavy atom. The molecule has 6 aliphatic rings. The first kappa shape index (κ1) is 40.0. The standard InChI is InChI=1S/C38H51FN4O5.C2HF3O2/c1-5-6-34-47-33-17-28-27-9-7-25-16-30-24(18-36(25,2)35(27)31(45)19-37(28,3)38(33,48-34)32(46)22-44)20-40-43(30)26-8-10-29(39)23(15-26)21-42-13-11-41(4)12-14-42;3-2(4,5)1(6)7/h8,10,15-16,20,27-28,31,33-35,44-45H,5-7,9,11-14,17-19,21-22H2,1-4H3;(H,6,7)/t27-,28-,31-,33+,34-,35+,36-,37-,38+;/m0./s1. The maximum Gasteiger partial charge on any atom is 0.430 e. The van der Waals surface area contributed by atoms with Crippen LogP contribution in [0, 0.1) is 34.4 Å². The monoisotopic (exact) mass is 776 g/mol. The zero-order valence-corrected chi connectivity index (χ0v) is 31.8. The number of aliphatic hydroxyl groups excluding tert-OH is 2. The summed E-state index contributed by atoms with van der Waals surface area (Å²) in [6.45, 7) is 10.6. The Labute approximate surface area is 318 Å². The fraction of sp³-hybridized carbons (Fsp3) is 0.675. The number of likely N-dealkylation sites (N-methyl/N-ethyl adjacent to an activating group) is 1. The first-order chi connectivity index (χ1) is 26.0. The molecule has 1 aromatic carbocycles. The molecule has 8 rings (SSSR count). The van der Waals surface area contributed by atoms with E-state index in [4.69, 9.17) is 24.5 Å². The highest BCUT2D eigenvalue weighted by Gasteiger charge is 2.75. The Balaban J connectivity index is 0.000000609. The number of halogens is 4. The molecule has 55 heavy (non-hydrogen) atoms. The number of aromatic nitrogens is 2. The summed E-state index contributed by atoms with van der Waals surface area (Å²) >= 11 is 0. The highest BCUT2D eigenvalue weighted by molar-refractivity contribution is 5.91. The number of aliphatic carboxylic acids is 1. The summed E-state index contributed by atoms with van der Waals surface area (Å²) < 4.78 is 61.5. The lowest BCUT2D eigenvalue weighted by Crippen LogP contribution is -3.13. The zero-order valence-electron chi connectivity index (χ0n) is 31.8. The molecule has 2 aliphatic heterocycles. The number of nitrogens with one attached hydrogen (secondary N) is 1. The summed E-state index contributed by atoms with van der Waals surface area (Å²) in [5.74, 6) is -3.14. The SMILES string of the molecule is CCC[C@H]1O[C@@H]2C[C@H]3[C@@H]4CCC5=Cc6c(cnn6-c6ccc(F)c(C[NH+]7CCN(C)CC7)c6)C[C@]5(C)[C@H]4[C@@H](O)C[C@]3(C)[C@]2(C(=O)CO)O1.O=C([O-])C(F)(F)F. The van der Waals surface area contributed by atoms with Crippen molar-refractivity contribution in [2.45, 2.75) is 103 Å². The van der Waals surface area contributed by atoms with Gasteiger partial charge in [-0.2, -0.15) is 18.3 Å². The van der Waals surface area contributed by atoms with Crippen LogP contribution in [0.3, 0.4) is 0 Å². The van der Waals surface area contributed by atoms with Gasteiger partial charge in [-0.3, -0.25) is 9.69 Å². The van der Waals surface area contributed by atoms with E-state index < -0.39 is 48.3 Å². The average Bonchev–Trinajstić information content (AvgIpc) is 3.77. The largest absolute Gasteiger partial charge is 0.542 e. The zero-order chi connectivity index (χ0) is 39.7. The number of piperazine rings is 1. The first-order valence-corrected chi connectivity index (χ1v) is 19.5. The van der Waals surface area contributed by atoms with E-state index in [0.29, 0.717) is 25.8 Å². The van der Waals surface area contributed by atoms with Gasteiger partial charge in [-0.1, -0.05) is 32.8 Å². The molecule has 3 saturated carbocycles. The Hall–Kier alpha value is -3.21. The lowest BCUT2D eigenvalue weighted by Gasteiger charge is -2.60. The van der Waals surface area contributed by atoms with E-state index in [1.165, 1.54) is 10.5 Å². The number of fused-ring (bicyclic) bond motifs is 8. The van der Waals surface area contributed by atoms with Crippen molar-refractivity contribution in [1.29, 1.82) is 0 Å². The molecule has 0 unspecified atom stereocenters. The summed E-state index contributed by atoms with van der Waals surface area (Å²) in [6, 6.07) is 5.38. The van der Waals surface area contributed by atoms with E-state index in [1.807, 2.05) is 23.0 Å². The van der Waals surface area contributed by atoms with E-state index in [2.05, 4.69) is 38.8 Å². The van der Waals surface area contributed by atoms with Gasteiger partial charge in [0.1, 0.15) is 24.9 Å².